The van der Waals surface area contributed by atoms with Crippen molar-refractivity contribution < 1.29 is 9.47 Å². The first-order valence-corrected chi connectivity index (χ1v) is 7.98. The summed E-state index contributed by atoms with van der Waals surface area (Å²) in [7, 11) is 5.01. The average molecular weight is 344 g/mol. The van der Waals surface area contributed by atoms with Gasteiger partial charge in [0.2, 0.25) is 5.16 Å². The summed E-state index contributed by atoms with van der Waals surface area (Å²) in [4.78, 5) is 0. The first-order valence-electron chi connectivity index (χ1n) is 6.62. The summed E-state index contributed by atoms with van der Waals surface area (Å²) in [5, 5.41) is 16.1. The first kappa shape index (κ1) is 16.9. The van der Waals surface area contributed by atoms with Crippen LogP contribution >= 0.6 is 23.4 Å². The Kier molecular flexibility index (Phi) is 6.29. The van der Waals surface area contributed by atoms with E-state index >= 15 is 0 Å². The second-order valence-corrected chi connectivity index (χ2v) is 5.88. The summed E-state index contributed by atoms with van der Waals surface area (Å²) in [5.74, 6) is 2.16. The number of aromatic nitrogens is 4. The monoisotopic (exact) mass is 343 g/mol. The van der Waals surface area contributed by atoms with E-state index in [4.69, 9.17) is 21.1 Å². The molecule has 0 aliphatic heterocycles. The molecule has 2 rings (SSSR count). The van der Waals surface area contributed by atoms with Crippen LogP contribution in [0.4, 0.5) is 0 Å². The summed E-state index contributed by atoms with van der Waals surface area (Å²) >= 11 is 7.83. The van der Waals surface area contributed by atoms with Crippen LogP contribution in [0.25, 0.3) is 0 Å². The summed E-state index contributed by atoms with van der Waals surface area (Å²) in [6.45, 7) is 1.46. The number of hydrogen-bond acceptors (Lipinski definition) is 7. The molecule has 1 aromatic carbocycles. The predicted octanol–water partition coefficient (Wildman–Crippen LogP) is 1.76. The van der Waals surface area contributed by atoms with Gasteiger partial charge in [-0.2, -0.15) is 0 Å². The Morgan fingerprint density at radius 3 is 2.64 bits per heavy atom. The molecule has 0 saturated carbocycles. The fourth-order valence-corrected chi connectivity index (χ4v) is 2.78. The summed E-state index contributed by atoms with van der Waals surface area (Å²) < 4.78 is 12.1. The second-order valence-electron chi connectivity index (χ2n) is 4.41. The van der Waals surface area contributed by atoms with Gasteiger partial charge in [0.1, 0.15) is 0 Å². The van der Waals surface area contributed by atoms with E-state index in [0.29, 0.717) is 23.1 Å². The lowest BCUT2D eigenvalue weighted by atomic mass is 10.2. The number of tetrazole rings is 1. The minimum atomic E-state index is 0.626. The number of benzene rings is 1. The zero-order valence-electron chi connectivity index (χ0n) is 12.7. The van der Waals surface area contributed by atoms with E-state index < -0.39 is 0 Å². The van der Waals surface area contributed by atoms with Gasteiger partial charge in [-0.05, 0) is 22.1 Å². The highest BCUT2D eigenvalue weighted by molar-refractivity contribution is 7.99. The van der Waals surface area contributed by atoms with Gasteiger partial charge in [-0.25, -0.2) is 4.68 Å². The first-order chi connectivity index (χ1) is 10.7. The fraction of sp³-hybridized carbons (Fsp3) is 0.462. The Morgan fingerprint density at radius 1 is 1.27 bits per heavy atom. The molecule has 1 N–H and O–H groups in total. The van der Waals surface area contributed by atoms with E-state index in [1.807, 2.05) is 13.1 Å². The minimum absolute atomic E-state index is 0.626. The highest BCUT2D eigenvalue weighted by atomic mass is 35.5. The van der Waals surface area contributed by atoms with E-state index in [2.05, 4.69) is 20.8 Å². The van der Waals surface area contributed by atoms with Gasteiger partial charge in [0, 0.05) is 37.0 Å². The maximum absolute atomic E-state index is 6.24. The quantitative estimate of drug-likeness (QED) is 0.578. The molecule has 0 atom stereocenters. The molecule has 0 spiro atoms. The van der Waals surface area contributed by atoms with Gasteiger partial charge in [-0.3, -0.25) is 0 Å². The topological polar surface area (TPSA) is 74.1 Å². The fourth-order valence-electron chi connectivity index (χ4n) is 1.81. The molecule has 0 aliphatic rings. The Bertz CT molecular complexity index is 622. The van der Waals surface area contributed by atoms with E-state index in [-0.39, 0.29) is 0 Å². The molecule has 0 aliphatic carbocycles. The molecule has 0 unspecified atom stereocenters. The summed E-state index contributed by atoms with van der Waals surface area (Å²) in [6, 6.07) is 3.64. The molecule has 1 heterocycles. The van der Waals surface area contributed by atoms with Crippen LogP contribution in [0.1, 0.15) is 5.56 Å². The van der Waals surface area contributed by atoms with Crippen molar-refractivity contribution in [3.05, 3.63) is 22.7 Å². The van der Waals surface area contributed by atoms with Gasteiger partial charge < -0.3 is 14.8 Å². The van der Waals surface area contributed by atoms with Crippen LogP contribution in [0.15, 0.2) is 17.3 Å². The van der Waals surface area contributed by atoms with Gasteiger partial charge in [-0.15, -0.1) is 5.10 Å². The number of nitrogens with one attached hydrogen (secondary N) is 1. The maximum Gasteiger partial charge on any atom is 0.209 e. The van der Waals surface area contributed by atoms with Crippen molar-refractivity contribution in [3.63, 3.8) is 0 Å². The van der Waals surface area contributed by atoms with Crippen LogP contribution < -0.4 is 14.8 Å². The van der Waals surface area contributed by atoms with Crippen LogP contribution in [0.2, 0.25) is 5.02 Å². The number of hydrogen-bond donors (Lipinski definition) is 1. The SMILES string of the molecule is COc1cc(Cl)c(CNCCSc2nnnn2C)cc1OC. The number of nitrogens with zero attached hydrogens (tertiary/aromatic N) is 4. The molecule has 2 aromatic rings. The zero-order valence-corrected chi connectivity index (χ0v) is 14.2. The standard InChI is InChI=1S/C13H18ClN5O2S/c1-19-13(16-17-18-19)22-5-4-15-8-9-6-11(20-2)12(21-3)7-10(9)14/h6-7,15H,4-5,8H2,1-3H3. The van der Waals surface area contributed by atoms with E-state index in [9.17, 15) is 0 Å². The highest BCUT2D eigenvalue weighted by Crippen LogP contribution is 2.32. The van der Waals surface area contributed by atoms with Crippen molar-refractivity contribution in [2.75, 3.05) is 26.5 Å². The number of aryl methyl sites for hydroxylation is 1. The van der Waals surface area contributed by atoms with Crippen LogP contribution in [-0.2, 0) is 13.6 Å². The van der Waals surface area contributed by atoms with Crippen LogP contribution in [0.3, 0.4) is 0 Å². The average Bonchev–Trinajstić information content (AvgIpc) is 2.93. The minimum Gasteiger partial charge on any atom is -0.493 e. The lowest BCUT2D eigenvalue weighted by molar-refractivity contribution is 0.354. The lowest BCUT2D eigenvalue weighted by Crippen LogP contribution is -2.17. The second kappa shape index (κ2) is 8.21. The molecule has 0 amide bonds. The maximum atomic E-state index is 6.24. The Morgan fingerprint density at radius 2 is 2.00 bits per heavy atom. The van der Waals surface area contributed by atoms with E-state index in [1.165, 1.54) is 0 Å². The van der Waals surface area contributed by atoms with E-state index in [1.54, 1.807) is 36.7 Å². The molecule has 9 heteroatoms. The van der Waals surface area contributed by atoms with Crippen molar-refractivity contribution in [2.45, 2.75) is 11.7 Å². The number of ether oxygens (including phenoxy) is 2. The molecule has 0 bridgehead atoms. The summed E-state index contributed by atoms with van der Waals surface area (Å²) in [6.07, 6.45) is 0. The third-order valence-electron chi connectivity index (χ3n) is 2.96. The Labute approximate surface area is 138 Å². The number of methoxy groups -OCH3 is 2. The number of rotatable bonds is 8. The largest absolute Gasteiger partial charge is 0.493 e. The van der Waals surface area contributed by atoms with Gasteiger partial charge in [-0.1, -0.05) is 23.4 Å². The van der Waals surface area contributed by atoms with Crippen molar-refractivity contribution in [1.82, 2.24) is 25.5 Å². The highest BCUT2D eigenvalue weighted by Gasteiger charge is 2.09. The zero-order chi connectivity index (χ0) is 15.9. The number of halogens is 1. The van der Waals surface area contributed by atoms with Crippen molar-refractivity contribution in [1.29, 1.82) is 0 Å². The van der Waals surface area contributed by atoms with Crippen LogP contribution in [-0.4, -0.2) is 46.7 Å². The molecule has 1 aromatic heterocycles. The number of thioether (sulfide) groups is 1. The molecule has 0 radical (unpaired) electrons. The van der Waals surface area contributed by atoms with Gasteiger partial charge in [0.25, 0.3) is 0 Å². The van der Waals surface area contributed by atoms with Crippen molar-refractivity contribution in [2.24, 2.45) is 7.05 Å². The normalized spacial score (nSPS) is 10.7. The van der Waals surface area contributed by atoms with Gasteiger partial charge >= 0.3 is 0 Å². The molecular formula is C13H18ClN5O2S. The van der Waals surface area contributed by atoms with Crippen molar-refractivity contribution in [3.8, 4) is 11.5 Å². The molecule has 22 heavy (non-hydrogen) atoms. The van der Waals surface area contributed by atoms with E-state index in [0.717, 1.165) is 23.0 Å². The van der Waals surface area contributed by atoms with Crippen LogP contribution in [0.5, 0.6) is 11.5 Å². The lowest BCUT2D eigenvalue weighted by Gasteiger charge is -2.12. The smallest absolute Gasteiger partial charge is 0.209 e. The molecule has 0 fully saturated rings. The van der Waals surface area contributed by atoms with Gasteiger partial charge in [0.05, 0.1) is 14.2 Å². The predicted molar refractivity (Wildman–Crippen MR) is 85.8 cm³/mol. The van der Waals surface area contributed by atoms with Crippen molar-refractivity contribution >= 4 is 23.4 Å². The Hall–Kier alpha value is -1.51. The molecular weight excluding hydrogens is 326 g/mol. The van der Waals surface area contributed by atoms with Crippen LogP contribution in [0, 0.1) is 0 Å². The molecule has 7 nitrogen and oxygen atoms in total. The summed E-state index contributed by atoms with van der Waals surface area (Å²) in [5.41, 5.74) is 0.963. The third-order valence-corrected chi connectivity index (χ3v) is 4.32. The third kappa shape index (κ3) is 4.25. The Balaban J connectivity index is 1.83. The van der Waals surface area contributed by atoms with Gasteiger partial charge in [0.15, 0.2) is 11.5 Å². The molecule has 0 saturated heterocycles. The molecule has 120 valence electrons.